The van der Waals surface area contributed by atoms with Crippen molar-refractivity contribution < 1.29 is 9.59 Å². The van der Waals surface area contributed by atoms with Crippen LogP contribution in [-0.4, -0.2) is 16.7 Å². The van der Waals surface area contributed by atoms with Gasteiger partial charge in [-0.05, 0) is 31.2 Å². The van der Waals surface area contributed by atoms with Crippen molar-refractivity contribution in [3.05, 3.63) is 48.7 Å². The number of rotatable bonds is 5. The number of Topliss-reactive ketones (excluding diaryl/α,β-unsaturated/α-hetero) is 1. The Morgan fingerprint density at radius 2 is 1.80 bits per heavy atom. The number of nitrogens with one attached hydrogen (secondary N) is 2. The van der Waals surface area contributed by atoms with Gasteiger partial charge in [0.2, 0.25) is 5.91 Å². The van der Waals surface area contributed by atoms with E-state index in [0.29, 0.717) is 11.5 Å². The molecule has 1 heterocycles. The Morgan fingerprint density at radius 3 is 2.40 bits per heavy atom. The van der Waals surface area contributed by atoms with E-state index in [1.54, 1.807) is 18.3 Å². The second kappa shape index (κ2) is 6.47. The minimum atomic E-state index is -0.330. The van der Waals surface area contributed by atoms with Crippen LogP contribution >= 0.6 is 0 Å². The van der Waals surface area contributed by atoms with Crippen LogP contribution in [0.25, 0.3) is 0 Å². The molecule has 0 atom stereocenters. The van der Waals surface area contributed by atoms with Crippen molar-refractivity contribution in [3.63, 3.8) is 0 Å². The molecule has 2 aromatic rings. The Morgan fingerprint density at radius 1 is 1.05 bits per heavy atom. The first-order valence-corrected chi connectivity index (χ1v) is 6.21. The van der Waals surface area contributed by atoms with E-state index in [1.165, 1.54) is 6.92 Å². The van der Waals surface area contributed by atoms with Crippen LogP contribution in [0.5, 0.6) is 0 Å². The number of ketones is 1. The standard InChI is InChI=1S/C15H15N3O2/c1-11(19)9-15(20)18-13-7-8-14(16-10-13)17-12-5-3-2-4-6-12/h2-8,10H,9H2,1H3,(H,16,17)(H,18,20). The van der Waals surface area contributed by atoms with Gasteiger partial charge in [0, 0.05) is 5.69 Å². The van der Waals surface area contributed by atoms with Crippen LogP contribution in [0.1, 0.15) is 13.3 Å². The highest BCUT2D eigenvalue weighted by atomic mass is 16.2. The van der Waals surface area contributed by atoms with Gasteiger partial charge in [-0.3, -0.25) is 9.59 Å². The molecule has 20 heavy (non-hydrogen) atoms. The zero-order valence-corrected chi connectivity index (χ0v) is 11.1. The normalized spacial score (nSPS) is 9.85. The number of carbonyl (C=O) groups excluding carboxylic acids is 2. The second-order valence-corrected chi connectivity index (χ2v) is 4.35. The zero-order chi connectivity index (χ0) is 14.4. The van der Waals surface area contributed by atoms with E-state index in [1.807, 2.05) is 30.3 Å². The minimum Gasteiger partial charge on any atom is -0.340 e. The third-order valence-corrected chi connectivity index (χ3v) is 2.50. The monoisotopic (exact) mass is 269 g/mol. The molecule has 2 N–H and O–H groups in total. The average Bonchev–Trinajstić information content (AvgIpc) is 2.41. The van der Waals surface area contributed by atoms with Gasteiger partial charge >= 0.3 is 0 Å². The number of carbonyl (C=O) groups is 2. The highest BCUT2D eigenvalue weighted by Crippen LogP contribution is 2.15. The number of hydrogen-bond acceptors (Lipinski definition) is 4. The van der Waals surface area contributed by atoms with Gasteiger partial charge in [0.1, 0.15) is 11.6 Å². The highest BCUT2D eigenvalue weighted by Gasteiger charge is 2.05. The van der Waals surface area contributed by atoms with Crippen LogP contribution < -0.4 is 10.6 Å². The first-order chi connectivity index (χ1) is 9.63. The first-order valence-electron chi connectivity index (χ1n) is 6.21. The summed E-state index contributed by atoms with van der Waals surface area (Å²) in [4.78, 5) is 26.4. The summed E-state index contributed by atoms with van der Waals surface area (Å²) in [5, 5.41) is 5.75. The van der Waals surface area contributed by atoms with Crippen molar-refractivity contribution in [1.29, 1.82) is 0 Å². The van der Waals surface area contributed by atoms with E-state index in [4.69, 9.17) is 0 Å². The fraction of sp³-hybridized carbons (Fsp3) is 0.133. The van der Waals surface area contributed by atoms with Crippen LogP contribution in [0.15, 0.2) is 48.7 Å². The number of para-hydroxylation sites is 1. The largest absolute Gasteiger partial charge is 0.340 e. The molecule has 1 aromatic carbocycles. The molecule has 0 saturated carbocycles. The number of nitrogens with zero attached hydrogens (tertiary/aromatic N) is 1. The van der Waals surface area contributed by atoms with E-state index in [0.717, 1.165) is 5.69 Å². The van der Waals surface area contributed by atoms with Crippen molar-refractivity contribution in [2.75, 3.05) is 10.6 Å². The lowest BCUT2D eigenvalue weighted by atomic mass is 10.3. The summed E-state index contributed by atoms with van der Waals surface area (Å²) in [6.45, 7) is 1.38. The fourth-order valence-corrected chi connectivity index (χ4v) is 1.64. The van der Waals surface area contributed by atoms with Gasteiger partial charge in [0.05, 0.1) is 18.3 Å². The number of amides is 1. The molecule has 5 nitrogen and oxygen atoms in total. The lowest BCUT2D eigenvalue weighted by Gasteiger charge is -2.07. The quantitative estimate of drug-likeness (QED) is 0.819. The minimum absolute atomic E-state index is 0.121. The Kier molecular flexibility index (Phi) is 4.44. The topological polar surface area (TPSA) is 71.1 Å². The van der Waals surface area contributed by atoms with E-state index < -0.39 is 0 Å². The Hall–Kier alpha value is -2.69. The van der Waals surface area contributed by atoms with Crippen molar-refractivity contribution in [2.24, 2.45) is 0 Å². The summed E-state index contributed by atoms with van der Waals surface area (Å²) >= 11 is 0. The average molecular weight is 269 g/mol. The molecule has 0 spiro atoms. The second-order valence-electron chi connectivity index (χ2n) is 4.35. The molecule has 1 aromatic heterocycles. The molecule has 1 amide bonds. The third-order valence-electron chi connectivity index (χ3n) is 2.50. The molecule has 5 heteroatoms. The molecular weight excluding hydrogens is 254 g/mol. The predicted molar refractivity (Wildman–Crippen MR) is 77.9 cm³/mol. The summed E-state index contributed by atoms with van der Waals surface area (Å²) in [5.41, 5.74) is 1.50. The van der Waals surface area contributed by atoms with Gasteiger partial charge in [-0.2, -0.15) is 0 Å². The Balaban J connectivity index is 1.96. The van der Waals surface area contributed by atoms with Crippen LogP contribution in [0.4, 0.5) is 17.2 Å². The lowest BCUT2D eigenvalue weighted by Crippen LogP contribution is -2.14. The van der Waals surface area contributed by atoms with E-state index in [9.17, 15) is 9.59 Å². The van der Waals surface area contributed by atoms with Gasteiger partial charge in [-0.15, -0.1) is 0 Å². The van der Waals surface area contributed by atoms with Crippen molar-refractivity contribution in [2.45, 2.75) is 13.3 Å². The maximum atomic E-state index is 11.4. The van der Waals surface area contributed by atoms with Crippen molar-refractivity contribution in [3.8, 4) is 0 Å². The Labute approximate surface area is 117 Å². The molecule has 0 bridgehead atoms. The molecule has 0 saturated heterocycles. The van der Waals surface area contributed by atoms with Crippen LogP contribution in [0, 0.1) is 0 Å². The number of benzene rings is 1. The molecule has 0 aliphatic heterocycles. The molecule has 2 rings (SSSR count). The highest BCUT2D eigenvalue weighted by molar-refractivity contribution is 6.03. The molecule has 0 unspecified atom stereocenters. The van der Waals surface area contributed by atoms with Gasteiger partial charge in [-0.1, -0.05) is 18.2 Å². The lowest BCUT2D eigenvalue weighted by molar-refractivity contribution is -0.124. The van der Waals surface area contributed by atoms with Gasteiger partial charge < -0.3 is 10.6 Å². The van der Waals surface area contributed by atoms with E-state index in [-0.39, 0.29) is 18.1 Å². The molecule has 0 radical (unpaired) electrons. The zero-order valence-electron chi connectivity index (χ0n) is 11.1. The van der Waals surface area contributed by atoms with Crippen LogP contribution in [0.3, 0.4) is 0 Å². The smallest absolute Gasteiger partial charge is 0.231 e. The number of pyridine rings is 1. The Bertz CT molecular complexity index is 594. The summed E-state index contributed by atoms with van der Waals surface area (Å²) < 4.78 is 0. The molecule has 0 aliphatic rings. The molecular formula is C15H15N3O2. The van der Waals surface area contributed by atoms with Crippen molar-refractivity contribution >= 4 is 28.9 Å². The maximum absolute atomic E-state index is 11.4. The maximum Gasteiger partial charge on any atom is 0.231 e. The first kappa shape index (κ1) is 13.7. The van der Waals surface area contributed by atoms with E-state index >= 15 is 0 Å². The molecule has 102 valence electrons. The molecule has 0 fully saturated rings. The van der Waals surface area contributed by atoms with Crippen molar-refractivity contribution in [1.82, 2.24) is 4.98 Å². The summed E-state index contributed by atoms with van der Waals surface area (Å²) in [5.74, 6) is 0.182. The summed E-state index contributed by atoms with van der Waals surface area (Å²) in [6.07, 6.45) is 1.42. The summed E-state index contributed by atoms with van der Waals surface area (Å²) in [7, 11) is 0. The third kappa shape index (κ3) is 4.20. The van der Waals surface area contributed by atoms with E-state index in [2.05, 4.69) is 15.6 Å². The molecule has 0 aliphatic carbocycles. The number of hydrogen-bond donors (Lipinski definition) is 2. The number of anilines is 3. The van der Waals surface area contributed by atoms with Crippen LogP contribution in [0.2, 0.25) is 0 Å². The van der Waals surface area contributed by atoms with Gasteiger partial charge in [-0.25, -0.2) is 4.98 Å². The summed E-state index contributed by atoms with van der Waals surface area (Å²) in [6, 6.07) is 13.2. The fourth-order valence-electron chi connectivity index (χ4n) is 1.64. The SMILES string of the molecule is CC(=O)CC(=O)Nc1ccc(Nc2ccccc2)nc1. The number of aromatic nitrogens is 1. The van der Waals surface area contributed by atoms with Crippen LogP contribution in [-0.2, 0) is 9.59 Å². The van der Waals surface area contributed by atoms with Gasteiger partial charge in [0.25, 0.3) is 0 Å². The van der Waals surface area contributed by atoms with Gasteiger partial charge in [0.15, 0.2) is 0 Å². The predicted octanol–water partition coefficient (Wildman–Crippen LogP) is 2.74.